The maximum atomic E-state index is 13.3. The van der Waals surface area contributed by atoms with Gasteiger partial charge in [0.05, 0.1) is 12.6 Å². The Morgan fingerprint density at radius 1 is 1.03 bits per heavy atom. The lowest BCUT2D eigenvalue weighted by molar-refractivity contribution is 0.108. The number of rotatable bonds is 6. The van der Waals surface area contributed by atoms with Crippen LogP contribution in [-0.2, 0) is 6.54 Å². The molecule has 0 radical (unpaired) electrons. The van der Waals surface area contributed by atoms with Gasteiger partial charge in [-0.3, -0.25) is 4.90 Å². The van der Waals surface area contributed by atoms with Gasteiger partial charge >= 0.3 is 0 Å². The van der Waals surface area contributed by atoms with Crippen LogP contribution in [0.4, 0.5) is 4.39 Å². The number of nitrogens with zero attached hydrogens (tertiary/aromatic N) is 6. The van der Waals surface area contributed by atoms with E-state index in [0.717, 1.165) is 49.7 Å². The van der Waals surface area contributed by atoms with Crippen molar-refractivity contribution in [1.29, 1.82) is 0 Å². The molecule has 29 heavy (non-hydrogen) atoms. The molecule has 1 aliphatic rings. The molecule has 0 aliphatic carbocycles. The third-order valence-corrected chi connectivity index (χ3v) is 5.81. The summed E-state index contributed by atoms with van der Waals surface area (Å²) in [4.78, 5) is 4.82. The van der Waals surface area contributed by atoms with E-state index in [2.05, 4.69) is 32.2 Å². The molecule has 0 spiro atoms. The third-order valence-electron chi connectivity index (χ3n) is 5.47. The van der Waals surface area contributed by atoms with Crippen LogP contribution in [-0.4, -0.2) is 62.7 Å². The van der Waals surface area contributed by atoms with Gasteiger partial charge < -0.3 is 4.90 Å². The van der Waals surface area contributed by atoms with Crippen LogP contribution in [0.1, 0.15) is 29.9 Å². The van der Waals surface area contributed by atoms with Gasteiger partial charge in [0.2, 0.25) is 0 Å². The lowest BCUT2D eigenvalue weighted by Gasteiger charge is -2.38. The van der Waals surface area contributed by atoms with E-state index in [1.807, 2.05) is 24.3 Å². The van der Waals surface area contributed by atoms with E-state index >= 15 is 0 Å². The first-order valence-corrected chi connectivity index (χ1v) is 10.2. The molecule has 2 heterocycles. The quantitative estimate of drug-likeness (QED) is 0.619. The van der Waals surface area contributed by atoms with Crippen LogP contribution in [0.15, 0.2) is 48.5 Å². The van der Waals surface area contributed by atoms with Gasteiger partial charge in [-0.05, 0) is 46.3 Å². The van der Waals surface area contributed by atoms with E-state index in [4.69, 9.17) is 11.6 Å². The van der Waals surface area contributed by atoms with E-state index in [1.54, 1.807) is 16.8 Å². The Morgan fingerprint density at radius 3 is 2.45 bits per heavy atom. The van der Waals surface area contributed by atoms with E-state index in [0.29, 0.717) is 11.6 Å². The number of tetrazole rings is 1. The van der Waals surface area contributed by atoms with Gasteiger partial charge in [-0.25, -0.2) is 9.07 Å². The first-order chi connectivity index (χ1) is 14.2. The van der Waals surface area contributed by atoms with Crippen molar-refractivity contribution in [2.24, 2.45) is 0 Å². The Kier molecular flexibility index (Phi) is 6.18. The molecule has 1 saturated heterocycles. The second-order valence-electron chi connectivity index (χ2n) is 7.22. The molecule has 2 aromatic carbocycles. The highest BCUT2D eigenvalue weighted by Gasteiger charge is 2.31. The standard InChI is InChI=1S/C21H24ClFN6/c1-2-27-11-13-28(14-12-27)20(18-5-3-4-6-19(18)22)21-24-25-26-29(21)15-16-7-9-17(23)10-8-16/h3-10,20H,2,11-15H2,1H3/t20-/m0/s1. The second-order valence-corrected chi connectivity index (χ2v) is 7.62. The minimum Gasteiger partial charge on any atom is -0.301 e. The summed E-state index contributed by atoms with van der Waals surface area (Å²) >= 11 is 6.58. The zero-order chi connectivity index (χ0) is 20.2. The highest BCUT2D eigenvalue weighted by atomic mass is 35.5. The molecule has 1 fully saturated rings. The first-order valence-electron chi connectivity index (χ1n) is 9.87. The molecule has 4 rings (SSSR count). The number of hydrogen-bond acceptors (Lipinski definition) is 5. The van der Waals surface area contributed by atoms with Gasteiger partial charge in [0.1, 0.15) is 5.82 Å². The van der Waals surface area contributed by atoms with E-state index < -0.39 is 0 Å². The fourth-order valence-corrected chi connectivity index (χ4v) is 4.06. The van der Waals surface area contributed by atoms with Gasteiger partial charge in [0.15, 0.2) is 5.82 Å². The SMILES string of the molecule is CCN1CCN([C@@H](c2ccccc2Cl)c2nnnn2Cc2ccc(F)cc2)CC1. The molecular formula is C21H24ClFN6. The predicted molar refractivity (Wildman–Crippen MR) is 110 cm³/mol. The molecule has 152 valence electrons. The Balaban J connectivity index is 1.68. The number of aromatic nitrogens is 4. The van der Waals surface area contributed by atoms with E-state index in [1.165, 1.54) is 12.1 Å². The smallest absolute Gasteiger partial charge is 0.173 e. The number of halogens is 2. The third kappa shape index (κ3) is 4.47. The fourth-order valence-electron chi connectivity index (χ4n) is 3.82. The molecule has 3 aromatic rings. The average molecular weight is 415 g/mol. The maximum absolute atomic E-state index is 13.3. The molecule has 1 atom stereocenters. The number of likely N-dealkylation sites (N-methyl/N-ethyl adjacent to an activating group) is 1. The monoisotopic (exact) mass is 414 g/mol. The van der Waals surface area contributed by atoms with Crippen molar-refractivity contribution in [3.63, 3.8) is 0 Å². The summed E-state index contributed by atoms with van der Waals surface area (Å²) in [5, 5.41) is 13.2. The summed E-state index contributed by atoms with van der Waals surface area (Å²) in [5.41, 5.74) is 1.93. The maximum Gasteiger partial charge on any atom is 0.173 e. The molecule has 0 amide bonds. The lowest BCUT2D eigenvalue weighted by atomic mass is 10.0. The Morgan fingerprint density at radius 2 is 1.76 bits per heavy atom. The summed E-state index contributed by atoms with van der Waals surface area (Å²) in [6.45, 7) is 7.52. The summed E-state index contributed by atoms with van der Waals surface area (Å²) in [6, 6.07) is 14.1. The summed E-state index contributed by atoms with van der Waals surface area (Å²) < 4.78 is 15.1. The van der Waals surface area contributed by atoms with Crippen LogP contribution >= 0.6 is 11.6 Å². The van der Waals surface area contributed by atoms with Crippen LogP contribution < -0.4 is 0 Å². The molecule has 1 aliphatic heterocycles. The molecule has 0 unspecified atom stereocenters. The van der Waals surface area contributed by atoms with Crippen molar-refractivity contribution in [2.75, 3.05) is 32.7 Å². The highest BCUT2D eigenvalue weighted by molar-refractivity contribution is 6.31. The van der Waals surface area contributed by atoms with Gasteiger partial charge in [0, 0.05) is 31.2 Å². The van der Waals surface area contributed by atoms with Crippen LogP contribution in [0.2, 0.25) is 5.02 Å². The van der Waals surface area contributed by atoms with Gasteiger partial charge in [-0.1, -0.05) is 48.9 Å². The van der Waals surface area contributed by atoms with Crippen LogP contribution in [0.5, 0.6) is 0 Å². The zero-order valence-electron chi connectivity index (χ0n) is 16.4. The number of piperazine rings is 1. The van der Waals surface area contributed by atoms with E-state index in [-0.39, 0.29) is 11.9 Å². The van der Waals surface area contributed by atoms with Crippen LogP contribution in [0.3, 0.4) is 0 Å². The van der Waals surface area contributed by atoms with Crippen molar-refractivity contribution >= 4 is 11.6 Å². The average Bonchev–Trinajstić information content (AvgIpc) is 3.19. The molecule has 0 N–H and O–H groups in total. The zero-order valence-corrected chi connectivity index (χ0v) is 17.1. The van der Waals surface area contributed by atoms with Gasteiger partial charge in [-0.2, -0.15) is 0 Å². The lowest BCUT2D eigenvalue weighted by Crippen LogP contribution is -2.48. The van der Waals surface area contributed by atoms with Crippen molar-refractivity contribution in [1.82, 2.24) is 30.0 Å². The van der Waals surface area contributed by atoms with Crippen molar-refractivity contribution < 1.29 is 4.39 Å². The normalized spacial score (nSPS) is 16.8. The molecule has 6 nitrogen and oxygen atoms in total. The number of benzene rings is 2. The van der Waals surface area contributed by atoms with Crippen molar-refractivity contribution in [3.05, 3.63) is 76.3 Å². The Hall–Kier alpha value is -2.35. The molecule has 1 aromatic heterocycles. The fraction of sp³-hybridized carbons (Fsp3) is 0.381. The summed E-state index contributed by atoms with van der Waals surface area (Å²) in [7, 11) is 0. The minimum atomic E-state index is -0.256. The molecule has 8 heteroatoms. The topological polar surface area (TPSA) is 50.1 Å². The van der Waals surface area contributed by atoms with Gasteiger partial charge in [0.25, 0.3) is 0 Å². The van der Waals surface area contributed by atoms with Crippen molar-refractivity contribution in [3.8, 4) is 0 Å². The summed E-state index contributed by atoms with van der Waals surface area (Å²) in [5.74, 6) is 0.487. The first kappa shape index (κ1) is 19.9. The Labute approximate surface area is 174 Å². The second kappa shape index (κ2) is 8.98. The van der Waals surface area contributed by atoms with Crippen LogP contribution in [0, 0.1) is 5.82 Å². The predicted octanol–water partition coefficient (Wildman–Crippen LogP) is 3.24. The summed E-state index contributed by atoms with van der Waals surface area (Å²) in [6.07, 6.45) is 0. The molecule has 0 bridgehead atoms. The van der Waals surface area contributed by atoms with Crippen molar-refractivity contribution in [2.45, 2.75) is 19.5 Å². The molecule has 0 saturated carbocycles. The molecular weight excluding hydrogens is 391 g/mol. The number of hydrogen-bond donors (Lipinski definition) is 0. The Bertz CT molecular complexity index is 936. The van der Waals surface area contributed by atoms with E-state index in [9.17, 15) is 4.39 Å². The minimum absolute atomic E-state index is 0.141. The largest absolute Gasteiger partial charge is 0.301 e. The highest BCUT2D eigenvalue weighted by Crippen LogP contribution is 2.32. The van der Waals surface area contributed by atoms with Gasteiger partial charge in [-0.15, -0.1) is 5.10 Å². The van der Waals surface area contributed by atoms with Crippen LogP contribution in [0.25, 0.3) is 0 Å².